The van der Waals surface area contributed by atoms with Gasteiger partial charge in [-0.2, -0.15) is 0 Å². The quantitative estimate of drug-likeness (QED) is 0.809. The van der Waals surface area contributed by atoms with E-state index in [0.29, 0.717) is 5.56 Å². The van der Waals surface area contributed by atoms with Crippen LogP contribution in [0.5, 0.6) is 0 Å². The molecule has 2 N–H and O–H groups in total. The van der Waals surface area contributed by atoms with E-state index in [1.54, 1.807) is 0 Å². The lowest BCUT2D eigenvalue weighted by molar-refractivity contribution is 0.295. The van der Waals surface area contributed by atoms with Crippen LogP contribution in [0.15, 0.2) is 18.2 Å². The second-order valence-corrected chi connectivity index (χ2v) is 6.14. The van der Waals surface area contributed by atoms with Crippen LogP contribution in [0.3, 0.4) is 0 Å². The molecule has 7 heteroatoms. The monoisotopic (exact) mass is 279 g/mol. The summed E-state index contributed by atoms with van der Waals surface area (Å²) in [5.41, 5.74) is 0.367. The lowest BCUT2D eigenvalue weighted by Gasteiger charge is -2.11. The molecule has 0 radical (unpaired) electrons. The Balaban J connectivity index is 2.57. The van der Waals surface area contributed by atoms with E-state index in [4.69, 9.17) is 5.11 Å². The predicted octanol–water partition coefficient (Wildman–Crippen LogP) is 0.808. The van der Waals surface area contributed by atoms with Crippen molar-refractivity contribution >= 4 is 10.0 Å². The zero-order valence-electron chi connectivity index (χ0n) is 9.86. The number of sulfonamides is 1. The zero-order valence-corrected chi connectivity index (χ0v) is 10.7. The van der Waals surface area contributed by atoms with Crippen LogP contribution in [0, 0.1) is 11.6 Å². The third-order valence-corrected chi connectivity index (χ3v) is 4.24. The molecule has 1 rings (SSSR count). The van der Waals surface area contributed by atoms with Crippen LogP contribution in [-0.2, 0) is 16.4 Å². The van der Waals surface area contributed by atoms with Gasteiger partial charge in [-0.05, 0) is 31.0 Å². The van der Waals surface area contributed by atoms with E-state index >= 15 is 0 Å². The van der Waals surface area contributed by atoms with Gasteiger partial charge in [0.25, 0.3) is 0 Å². The van der Waals surface area contributed by atoms with Gasteiger partial charge in [0.05, 0.1) is 11.9 Å². The van der Waals surface area contributed by atoms with Gasteiger partial charge in [0, 0.05) is 12.6 Å². The summed E-state index contributed by atoms with van der Waals surface area (Å²) in [5.74, 6) is -1.40. The summed E-state index contributed by atoms with van der Waals surface area (Å²) in [4.78, 5) is 0. The second-order valence-electron chi connectivity index (χ2n) is 3.96. The second kappa shape index (κ2) is 6.21. The molecular weight excluding hydrogens is 264 g/mol. The lowest BCUT2D eigenvalue weighted by Crippen LogP contribution is -2.35. The molecule has 1 atom stereocenters. The number of halogens is 2. The molecule has 0 saturated carbocycles. The van der Waals surface area contributed by atoms with Crippen molar-refractivity contribution < 1.29 is 22.3 Å². The minimum atomic E-state index is -3.59. The fourth-order valence-corrected chi connectivity index (χ4v) is 2.20. The average molecular weight is 279 g/mol. The summed E-state index contributed by atoms with van der Waals surface area (Å²) in [6.45, 7) is 0.906. The van der Waals surface area contributed by atoms with Gasteiger partial charge in [-0.25, -0.2) is 21.9 Å². The first-order chi connectivity index (χ1) is 8.35. The number of aliphatic hydroxyl groups is 1. The number of nitrogens with one attached hydrogen (secondary N) is 1. The standard InChI is InChI=1S/C11H15F2NO3S/c1-8(7-15)18(16,17)14-3-2-9-4-10(12)6-11(13)5-9/h4-6,8,14-15H,2-3,7H2,1H3. The first kappa shape index (κ1) is 15.0. The summed E-state index contributed by atoms with van der Waals surface area (Å²) in [5, 5.41) is 7.83. The van der Waals surface area contributed by atoms with Gasteiger partial charge in [0.1, 0.15) is 11.6 Å². The molecule has 102 valence electrons. The molecule has 0 saturated heterocycles. The maximum absolute atomic E-state index is 12.9. The van der Waals surface area contributed by atoms with E-state index in [-0.39, 0.29) is 13.0 Å². The van der Waals surface area contributed by atoms with Crippen LogP contribution < -0.4 is 4.72 Å². The van der Waals surface area contributed by atoms with Gasteiger partial charge in [-0.3, -0.25) is 0 Å². The fraction of sp³-hybridized carbons (Fsp3) is 0.455. The maximum atomic E-state index is 12.9. The van der Waals surface area contributed by atoms with Gasteiger partial charge in [-0.15, -0.1) is 0 Å². The Morgan fingerprint density at radius 1 is 1.28 bits per heavy atom. The van der Waals surface area contributed by atoms with E-state index in [1.807, 2.05) is 0 Å². The van der Waals surface area contributed by atoms with Crippen molar-refractivity contribution in [2.75, 3.05) is 13.2 Å². The SMILES string of the molecule is CC(CO)S(=O)(=O)NCCc1cc(F)cc(F)c1. The average Bonchev–Trinajstić information content (AvgIpc) is 2.26. The highest BCUT2D eigenvalue weighted by Gasteiger charge is 2.18. The van der Waals surface area contributed by atoms with Crippen LogP contribution in [-0.4, -0.2) is 31.9 Å². The van der Waals surface area contributed by atoms with E-state index in [2.05, 4.69) is 4.72 Å². The van der Waals surface area contributed by atoms with Gasteiger partial charge in [0.15, 0.2) is 0 Å². The van der Waals surface area contributed by atoms with Crippen LogP contribution in [0.4, 0.5) is 8.78 Å². The van der Waals surface area contributed by atoms with Crippen molar-refractivity contribution in [1.29, 1.82) is 0 Å². The van der Waals surface area contributed by atoms with Crippen LogP contribution in [0.25, 0.3) is 0 Å². The summed E-state index contributed by atoms with van der Waals surface area (Å²) >= 11 is 0. The van der Waals surface area contributed by atoms with Crippen LogP contribution in [0.2, 0.25) is 0 Å². The molecule has 0 bridgehead atoms. The normalized spacial score (nSPS) is 13.6. The molecule has 0 aromatic heterocycles. The molecule has 0 aliphatic heterocycles. The Morgan fingerprint density at radius 3 is 2.33 bits per heavy atom. The first-order valence-corrected chi connectivity index (χ1v) is 6.94. The van der Waals surface area contributed by atoms with Crippen LogP contribution in [0.1, 0.15) is 12.5 Å². The van der Waals surface area contributed by atoms with Crippen molar-refractivity contribution in [3.8, 4) is 0 Å². The Kier molecular flexibility index (Phi) is 5.18. The summed E-state index contributed by atoms with van der Waals surface area (Å²) < 4.78 is 50.9. The maximum Gasteiger partial charge on any atom is 0.216 e. The highest BCUT2D eigenvalue weighted by Crippen LogP contribution is 2.08. The van der Waals surface area contributed by atoms with E-state index in [9.17, 15) is 17.2 Å². The molecule has 4 nitrogen and oxygen atoms in total. The minimum absolute atomic E-state index is 0.0234. The van der Waals surface area contributed by atoms with E-state index in [0.717, 1.165) is 18.2 Å². The molecule has 1 aromatic carbocycles. The topological polar surface area (TPSA) is 66.4 Å². The van der Waals surface area contributed by atoms with Gasteiger partial charge in [0.2, 0.25) is 10.0 Å². The number of hydrogen-bond acceptors (Lipinski definition) is 3. The van der Waals surface area contributed by atoms with Crippen LogP contribution >= 0.6 is 0 Å². The molecule has 0 fully saturated rings. The van der Waals surface area contributed by atoms with Gasteiger partial charge in [-0.1, -0.05) is 0 Å². The summed E-state index contributed by atoms with van der Waals surface area (Å²) in [7, 11) is -3.59. The number of benzene rings is 1. The zero-order chi connectivity index (χ0) is 13.8. The lowest BCUT2D eigenvalue weighted by atomic mass is 10.1. The summed E-state index contributed by atoms with van der Waals surface area (Å²) in [6.07, 6.45) is 0.173. The van der Waals surface area contributed by atoms with Gasteiger partial charge < -0.3 is 5.11 Å². The Hall–Kier alpha value is -1.05. The third kappa shape index (κ3) is 4.32. The Bertz CT molecular complexity index is 485. The van der Waals surface area contributed by atoms with Crippen molar-refractivity contribution in [2.24, 2.45) is 0 Å². The Labute approximate surface area is 105 Å². The first-order valence-electron chi connectivity index (χ1n) is 5.39. The van der Waals surface area contributed by atoms with Crippen molar-refractivity contribution in [1.82, 2.24) is 4.72 Å². The molecule has 1 aromatic rings. The van der Waals surface area contributed by atoms with Gasteiger partial charge >= 0.3 is 0 Å². The smallest absolute Gasteiger partial charge is 0.216 e. The molecule has 0 spiro atoms. The fourth-order valence-electron chi connectivity index (χ4n) is 1.33. The molecule has 0 aliphatic rings. The largest absolute Gasteiger partial charge is 0.395 e. The molecular formula is C11H15F2NO3S. The van der Waals surface area contributed by atoms with Crippen molar-refractivity contribution in [2.45, 2.75) is 18.6 Å². The molecule has 18 heavy (non-hydrogen) atoms. The molecule has 1 unspecified atom stereocenters. The highest BCUT2D eigenvalue weighted by atomic mass is 32.2. The molecule has 0 heterocycles. The van der Waals surface area contributed by atoms with Crippen molar-refractivity contribution in [3.63, 3.8) is 0 Å². The highest BCUT2D eigenvalue weighted by molar-refractivity contribution is 7.90. The van der Waals surface area contributed by atoms with E-state index < -0.39 is 33.5 Å². The number of aliphatic hydroxyl groups excluding tert-OH is 1. The Morgan fingerprint density at radius 2 is 1.83 bits per heavy atom. The van der Waals surface area contributed by atoms with E-state index in [1.165, 1.54) is 6.92 Å². The minimum Gasteiger partial charge on any atom is -0.395 e. The third-order valence-electron chi connectivity index (χ3n) is 2.43. The van der Waals surface area contributed by atoms with Crippen molar-refractivity contribution in [3.05, 3.63) is 35.4 Å². The number of rotatable bonds is 6. The summed E-state index contributed by atoms with van der Waals surface area (Å²) in [6, 6.07) is 3.04. The molecule has 0 amide bonds. The predicted molar refractivity (Wildman–Crippen MR) is 63.5 cm³/mol. The molecule has 0 aliphatic carbocycles. The number of hydrogen-bond donors (Lipinski definition) is 2.